The van der Waals surface area contributed by atoms with Gasteiger partial charge in [-0.05, 0) is 19.4 Å². The molecular weight excluding hydrogens is 134 g/mol. The van der Waals surface area contributed by atoms with Crippen LogP contribution < -0.4 is 0 Å². The topological polar surface area (TPSA) is 3.24 Å². The van der Waals surface area contributed by atoms with E-state index in [1.54, 1.807) is 0 Å². The lowest BCUT2D eigenvalue weighted by Gasteiger charge is -2.34. The highest BCUT2D eigenvalue weighted by Gasteiger charge is 2.22. The van der Waals surface area contributed by atoms with Crippen LogP contribution in [0.25, 0.3) is 0 Å². The fraction of sp³-hybridized carbons (Fsp3) is 0.800. The second-order valence-electron chi connectivity index (χ2n) is 4.16. The normalized spacial score (nSPS) is 14.6. The second-order valence-corrected chi connectivity index (χ2v) is 4.16. The van der Waals surface area contributed by atoms with Crippen molar-refractivity contribution >= 4 is 0 Å². The minimum Gasteiger partial charge on any atom is -0.292 e. The highest BCUT2D eigenvalue weighted by atomic mass is 15.1. The molecule has 0 radical (unpaired) electrons. The maximum Gasteiger partial charge on any atom is 0.0598 e. The molecule has 1 nitrogen and oxygen atoms in total. The van der Waals surface area contributed by atoms with E-state index in [1.807, 2.05) is 0 Å². The molecule has 1 heteroatoms. The van der Waals surface area contributed by atoms with Crippen molar-refractivity contribution in [3.8, 4) is 12.3 Å². The standard InChI is InChI=1S/C10H19N/c1-7-8-11(6)9(2)10(3,4)5/h1,9H,8H2,2-6H3. The molecule has 0 saturated heterocycles. The number of rotatable bonds is 2. The molecule has 1 unspecified atom stereocenters. The van der Waals surface area contributed by atoms with E-state index in [0.717, 1.165) is 6.54 Å². The third-order valence-electron chi connectivity index (χ3n) is 2.26. The summed E-state index contributed by atoms with van der Waals surface area (Å²) in [5.41, 5.74) is 0.311. The molecule has 0 aromatic rings. The van der Waals surface area contributed by atoms with E-state index in [9.17, 15) is 0 Å². The molecule has 0 aromatic heterocycles. The molecule has 0 saturated carbocycles. The van der Waals surface area contributed by atoms with Gasteiger partial charge in [0.05, 0.1) is 6.54 Å². The predicted molar refractivity (Wildman–Crippen MR) is 50.4 cm³/mol. The molecule has 0 aliphatic rings. The van der Waals surface area contributed by atoms with E-state index in [-0.39, 0.29) is 0 Å². The molecular formula is C10H19N. The maximum absolute atomic E-state index is 5.22. The summed E-state index contributed by atoms with van der Waals surface area (Å²) in [6, 6.07) is 0.526. The van der Waals surface area contributed by atoms with Gasteiger partial charge in [0, 0.05) is 6.04 Å². The van der Waals surface area contributed by atoms with E-state index in [4.69, 9.17) is 6.42 Å². The van der Waals surface area contributed by atoms with Crippen molar-refractivity contribution in [1.29, 1.82) is 0 Å². The number of hydrogen-bond donors (Lipinski definition) is 0. The zero-order valence-corrected chi connectivity index (χ0v) is 8.31. The van der Waals surface area contributed by atoms with Gasteiger partial charge in [0.25, 0.3) is 0 Å². The minimum absolute atomic E-state index is 0.311. The Balaban J connectivity index is 4.04. The maximum atomic E-state index is 5.22. The Kier molecular flexibility index (Phi) is 3.62. The van der Waals surface area contributed by atoms with Gasteiger partial charge in [-0.2, -0.15) is 0 Å². The van der Waals surface area contributed by atoms with Gasteiger partial charge in [0.1, 0.15) is 0 Å². The third-order valence-corrected chi connectivity index (χ3v) is 2.26. The molecule has 0 rings (SSSR count). The van der Waals surface area contributed by atoms with E-state index >= 15 is 0 Å². The van der Waals surface area contributed by atoms with E-state index in [1.165, 1.54) is 0 Å². The van der Waals surface area contributed by atoms with Crippen molar-refractivity contribution in [3.63, 3.8) is 0 Å². The van der Waals surface area contributed by atoms with Gasteiger partial charge in [0.2, 0.25) is 0 Å². The van der Waals surface area contributed by atoms with Crippen molar-refractivity contribution < 1.29 is 0 Å². The first-order valence-corrected chi connectivity index (χ1v) is 4.03. The lowest BCUT2D eigenvalue weighted by atomic mass is 9.87. The Morgan fingerprint density at radius 1 is 1.45 bits per heavy atom. The molecule has 0 aliphatic carbocycles. The van der Waals surface area contributed by atoms with Crippen LogP contribution in [-0.4, -0.2) is 24.5 Å². The average Bonchev–Trinajstić information content (AvgIpc) is 1.85. The predicted octanol–water partition coefficient (Wildman–Crippen LogP) is 1.99. The SMILES string of the molecule is C#CCN(C)C(C)C(C)(C)C. The van der Waals surface area contributed by atoms with Gasteiger partial charge in [0.15, 0.2) is 0 Å². The van der Waals surface area contributed by atoms with Crippen molar-refractivity contribution in [3.05, 3.63) is 0 Å². The molecule has 0 fully saturated rings. The molecule has 0 aliphatic heterocycles. The van der Waals surface area contributed by atoms with Crippen molar-refractivity contribution in [2.45, 2.75) is 33.7 Å². The number of hydrogen-bond acceptors (Lipinski definition) is 1. The quantitative estimate of drug-likeness (QED) is 0.548. The summed E-state index contributed by atoms with van der Waals surface area (Å²) >= 11 is 0. The van der Waals surface area contributed by atoms with E-state index < -0.39 is 0 Å². The molecule has 0 spiro atoms. The average molecular weight is 153 g/mol. The van der Waals surface area contributed by atoms with Gasteiger partial charge in [-0.3, -0.25) is 4.90 Å². The van der Waals surface area contributed by atoms with Crippen LogP contribution in [0, 0.1) is 17.8 Å². The molecule has 0 aromatic carbocycles. The second kappa shape index (κ2) is 3.78. The summed E-state index contributed by atoms with van der Waals surface area (Å²) < 4.78 is 0. The molecule has 0 bridgehead atoms. The summed E-state index contributed by atoms with van der Waals surface area (Å²) in [6.45, 7) is 9.62. The Morgan fingerprint density at radius 2 is 1.91 bits per heavy atom. The summed E-state index contributed by atoms with van der Waals surface area (Å²) in [6.07, 6.45) is 5.22. The zero-order chi connectivity index (χ0) is 9.07. The monoisotopic (exact) mass is 153 g/mol. The molecule has 0 N–H and O–H groups in total. The zero-order valence-electron chi connectivity index (χ0n) is 8.31. The Bertz CT molecular complexity index is 147. The molecule has 0 heterocycles. The van der Waals surface area contributed by atoms with Crippen LogP contribution >= 0.6 is 0 Å². The van der Waals surface area contributed by atoms with E-state index in [2.05, 4.69) is 45.6 Å². The highest BCUT2D eigenvalue weighted by Crippen LogP contribution is 2.22. The first-order chi connectivity index (χ1) is 4.89. The largest absolute Gasteiger partial charge is 0.292 e. The molecule has 0 amide bonds. The summed E-state index contributed by atoms with van der Waals surface area (Å²) in [5, 5.41) is 0. The van der Waals surface area contributed by atoms with Crippen LogP contribution in [0.4, 0.5) is 0 Å². The summed E-state index contributed by atoms with van der Waals surface area (Å²) in [4.78, 5) is 2.19. The first kappa shape index (κ1) is 10.5. The Hall–Kier alpha value is -0.480. The summed E-state index contributed by atoms with van der Waals surface area (Å²) in [5.74, 6) is 2.65. The number of nitrogens with zero attached hydrogens (tertiary/aromatic N) is 1. The Morgan fingerprint density at radius 3 is 2.18 bits per heavy atom. The van der Waals surface area contributed by atoms with Gasteiger partial charge in [-0.1, -0.05) is 26.7 Å². The lowest BCUT2D eigenvalue weighted by Crippen LogP contribution is -2.39. The van der Waals surface area contributed by atoms with Crippen LogP contribution in [0.5, 0.6) is 0 Å². The van der Waals surface area contributed by atoms with E-state index in [0.29, 0.717) is 11.5 Å². The van der Waals surface area contributed by atoms with Gasteiger partial charge in [-0.25, -0.2) is 0 Å². The van der Waals surface area contributed by atoms with Crippen LogP contribution in [0.15, 0.2) is 0 Å². The van der Waals surface area contributed by atoms with Crippen molar-refractivity contribution in [2.75, 3.05) is 13.6 Å². The third kappa shape index (κ3) is 3.43. The fourth-order valence-electron chi connectivity index (χ4n) is 0.942. The smallest absolute Gasteiger partial charge is 0.0598 e. The first-order valence-electron chi connectivity index (χ1n) is 4.03. The van der Waals surface area contributed by atoms with Crippen LogP contribution in [0.3, 0.4) is 0 Å². The lowest BCUT2D eigenvalue weighted by molar-refractivity contribution is 0.156. The number of terminal acetylenes is 1. The fourth-order valence-corrected chi connectivity index (χ4v) is 0.942. The van der Waals surface area contributed by atoms with Crippen LogP contribution in [-0.2, 0) is 0 Å². The Labute approximate surface area is 70.8 Å². The van der Waals surface area contributed by atoms with Crippen molar-refractivity contribution in [1.82, 2.24) is 4.90 Å². The molecule has 11 heavy (non-hydrogen) atoms. The highest BCUT2D eigenvalue weighted by molar-refractivity contribution is 4.90. The van der Waals surface area contributed by atoms with Crippen LogP contribution in [0.1, 0.15) is 27.7 Å². The summed E-state index contributed by atoms with van der Waals surface area (Å²) in [7, 11) is 2.07. The minimum atomic E-state index is 0.311. The molecule has 64 valence electrons. The van der Waals surface area contributed by atoms with Crippen LogP contribution in [0.2, 0.25) is 0 Å². The molecule has 1 atom stereocenters. The van der Waals surface area contributed by atoms with Gasteiger partial charge >= 0.3 is 0 Å². The van der Waals surface area contributed by atoms with Gasteiger partial charge in [-0.15, -0.1) is 6.42 Å². The van der Waals surface area contributed by atoms with Gasteiger partial charge < -0.3 is 0 Å². The van der Waals surface area contributed by atoms with Crippen molar-refractivity contribution in [2.24, 2.45) is 5.41 Å².